The Labute approximate surface area is 139 Å². The largest absolute Gasteiger partial charge is 0.345 e. The molecule has 7 heteroatoms. The molecule has 0 aromatic carbocycles. The lowest BCUT2D eigenvalue weighted by Gasteiger charge is -2.32. The standard InChI is InChI=1S/C16H28N2O4S/c1-4-6-10-17(3)14(19)16(8-9-16)15(20)18(5-2)13-7-11-23(21,22)12-13/h13H,4-12H2,1-3H3. The summed E-state index contributed by atoms with van der Waals surface area (Å²) in [6.07, 6.45) is 3.57. The summed E-state index contributed by atoms with van der Waals surface area (Å²) >= 11 is 0. The van der Waals surface area contributed by atoms with Crippen molar-refractivity contribution < 1.29 is 18.0 Å². The Hall–Kier alpha value is -1.11. The summed E-state index contributed by atoms with van der Waals surface area (Å²) < 4.78 is 23.4. The van der Waals surface area contributed by atoms with Gasteiger partial charge in [0.15, 0.2) is 9.84 Å². The van der Waals surface area contributed by atoms with Crippen molar-refractivity contribution in [3.05, 3.63) is 0 Å². The minimum absolute atomic E-state index is 0.0303. The smallest absolute Gasteiger partial charge is 0.238 e. The van der Waals surface area contributed by atoms with E-state index in [9.17, 15) is 18.0 Å². The molecule has 2 aliphatic rings. The van der Waals surface area contributed by atoms with Crippen LogP contribution in [0.4, 0.5) is 0 Å². The second-order valence-electron chi connectivity index (χ2n) is 6.81. The van der Waals surface area contributed by atoms with Gasteiger partial charge in [0, 0.05) is 26.2 Å². The first kappa shape index (κ1) is 18.2. The maximum Gasteiger partial charge on any atom is 0.238 e. The third kappa shape index (κ3) is 3.70. The Kier molecular flexibility index (Phi) is 5.38. The first-order valence-electron chi connectivity index (χ1n) is 8.54. The number of sulfone groups is 1. The highest BCUT2D eigenvalue weighted by Crippen LogP contribution is 2.49. The van der Waals surface area contributed by atoms with Crippen molar-refractivity contribution in [3.63, 3.8) is 0 Å². The zero-order chi connectivity index (χ0) is 17.3. The van der Waals surface area contributed by atoms with Gasteiger partial charge in [0.05, 0.1) is 11.5 Å². The number of rotatable bonds is 7. The van der Waals surface area contributed by atoms with Crippen molar-refractivity contribution in [2.75, 3.05) is 31.6 Å². The van der Waals surface area contributed by atoms with Crippen LogP contribution in [0.1, 0.15) is 46.0 Å². The maximum absolute atomic E-state index is 13.0. The van der Waals surface area contributed by atoms with Gasteiger partial charge in [-0.15, -0.1) is 0 Å². The Bertz CT molecular complexity index is 569. The molecule has 0 spiro atoms. The Balaban J connectivity index is 2.09. The second kappa shape index (κ2) is 6.79. The van der Waals surface area contributed by atoms with Gasteiger partial charge in [-0.2, -0.15) is 0 Å². The number of hydrogen-bond donors (Lipinski definition) is 0. The maximum atomic E-state index is 13.0. The molecule has 0 bridgehead atoms. The van der Waals surface area contributed by atoms with Crippen LogP contribution in [0.2, 0.25) is 0 Å². The molecule has 0 aromatic rings. The first-order chi connectivity index (χ1) is 10.8. The molecule has 1 aliphatic heterocycles. The molecule has 132 valence electrons. The lowest BCUT2D eigenvalue weighted by Crippen LogP contribution is -2.50. The molecule has 2 fully saturated rings. The van der Waals surface area contributed by atoms with Crippen LogP contribution in [0, 0.1) is 5.41 Å². The van der Waals surface area contributed by atoms with E-state index < -0.39 is 15.3 Å². The summed E-state index contributed by atoms with van der Waals surface area (Å²) in [6.45, 7) is 5.03. The quantitative estimate of drug-likeness (QED) is 0.647. The van der Waals surface area contributed by atoms with Gasteiger partial charge < -0.3 is 9.80 Å². The van der Waals surface area contributed by atoms with E-state index in [2.05, 4.69) is 6.92 Å². The Morgan fingerprint density at radius 3 is 2.26 bits per heavy atom. The van der Waals surface area contributed by atoms with Crippen LogP contribution < -0.4 is 0 Å². The van der Waals surface area contributed by atoms with Gasteiger partial charge in [0.25, 0.3) is 0 Å². The van der Waals surface area contributed by atoms with Crippen LogP contribution in [0.15, 0.2) is 0 Å². The van der Waals surface area contributed by atoms with E-state index in [1.165, 1.54) is 0 Å². The van der Waals surface area contributed by atoms with Crippen LogP contribution in [-0.2, 0) is 19.4 Å². The normalized spacial score (nSPS) is 24.2. The van der Waals surface area contributed by atoms with Crippen LogP contribution in [-0.4, -0.2) is 67.7 Å². The number of carbonyl (C=O) groups excluding carboxylic acids is 2. The molecule has 1 atom stereocenters. The average Bonchev–Trinajstić information content (AvgIpc) is 3.24. The topological polar surface area (TPSA) is 74.8 Å². The van der Waals surface area contributed by atoms with E-state index in [0.717, 1.165) is 12.8 Å². The molecule has 0 N–H and O–H groups in total. The summed E-state index contributed by atoms with van der Waals surface area (Å²) in [5.41, 5.74) is -0.926. The van der Waals surface area contributed by atoms with Crippen molar-refractivity contribution in [2.24, 2.45) is 5.41 Å². The summed E-state index contributed by atoms with van der Waals surface area (Å²) in [7, 11) is -1.30. The molecule has 2 amide bonds. The number of nitrogens with zero attached hydrogens (tertiary/aromatic N) is 2. The Morgan fingerprint density at radius 2 is 1.83 bits per heavy atom. The minimum Gasteiger partial charge on any atom is -0.345 e. The second-order valence-corrected chi connectivity index (χ2v) is 9.04. The van der Waals surface area contributed by atoms with Crippen molar-refractivity contribution in [1.29, 1.82) is 0 Å². The molecule has 1 unspecified atom stereocenters. The third-order valence-electron chi connectivity index (χ3n) is 5.01. The van der Waals surface area contributed by atoms with Gasteiger partial charge in [0.1, 0.15) is 5.41 Å². The summed E-state index contributed by atoms with van der Waals surface area (Å²) in [6, 6.07) is -0.274. The van der Waals surface area contributed by atoms with Crippen LogP contribution in [0.5, 0.6) is 0 Å². The molecule has 2 rings (SSSR count). The van der Waals surface area contributed by atoms with Crippen LogP contribution in [0.3, 0.4) is 0 Å². The van der Waals surface area contributed by atoms with Gasteiger partial charge in [-0.3, -0.25) is 9.59 Å². The fourth-order valence-corrected chi connectivity index (χ4v) is 5.10. The molecular weight excluding hydrogens is 316 g/mol. The van der Waals surface area contributed by atoms with Gasteiger partial charge in [0.2, 0.25) is 11.8 Å². The molecule has 1 aliphatic carbocycles. The Morgan fingerprint density at radius 1 is 1.17 bits per heavy atom. The van der Waals surface area contributed by atoms with Crippen molar-refractivity contribution in [2.45, 2.75) is 52.0 Å². The zero-order valence-electron chi connectivity index (χ0n) is 14.4. The molecule has 23 heavy (non-hydrogen) atoms. The average molecular weight is 344 g/mol. The minimum atomic E-state index is -3.05. The highest BCUT2D eigenvalue weighted by atomic mass is 32.2. The van der Waals surface area contributed by atoms with E-state index in [4.69, 9.17) is 0 Å². The molecular formula is C16H28N2O4S. The van der Waals surface area contributed by atoms with Gasteiger partial charge in [-0.1, -0.05) is 13.3 Å². The lowest BCUT2D eigenvalue weighted by molar-refractivity contribution is -0.149. The molecule has 0 aromatic heterocycles. The molecule has 1 heterocycles. The number of amides is 2. The molecule has 0 radical (unpaired) electrons. The number of hydrogen-bond acceptors (Lipinski definition) is 4. The van der Waals surface area contributed by atoms with Crippen molar-refractivity contribution in [1.82, 2.24) is 9.80 Å². The lowest BCUT2D eigenvalue weighted by atomic mass is 10.0. The van der Waals surface area contributed by atoms with Crippen LogP contribution in [0.25, 0.3) is 0 Å². The number of carbonyl (C=O) groups is 2. The fraction of sp³-hybridized carbons (Fsp3) is 0.875. The SMILES string of the molecule is CCCCN(C)C(=O)C1(C(=O)N(CC)C2CCS(=O)(=O)C2)CC1. The predicted octanol–water partition coefficient (Wildman–Crippen LogP) is 1.06. The highest BCUT2D eigenvalue weighted by molar-refractivity contribution is 7.91. The van der Waals surface area contributed by atoms with E-state index >= 15 is 0 Å². The third-order valence-corrected chi connectivity index (χ3v) is 6.76. The van der Waals surface area contributed by atoms with Crippen LogP contribution >= 0.6 is 0 Å². The van der Waals surface area contributed by atoms with E-state index in [1.807, 2.05) is 6.92 Å². The summed E-state index contributed by atoms with van der Waals surface area (Å²) in [4.78, 5) is 28.9. The van der Waals surface area contributed by atoms with Gasteiger partial charge in [-0.25, -0.2) is 8.42 Å². The molecule has 1 saturated carbocycles. The summed E-state index contributed by atoms with van der Waals surface area (Å²) in [5, 5.41) is 0. The molecule has 6 nitrogen and oxygen atoms in total. The fourth-order valence-electron chi connectivity index (χ4n) is 3.37. The van der Waals surface area contributed by atoms with Gasteiger partial charge in [-0.05, 0) is 32.6 Å². The van der Waals surface area contributed by atoms with E-state index in [1.54, 1.807) is 16.8 Å². The zero-order valence-corrected chi connectivity index (χ0v) is 15.2. The van der Waals surface area contributed by atoms with Crippen molar-refractivity contribution >= 4 is 21.7 Å². The van der Waals surface area contributed by atoms with E-state index in [0.29, 0.717) is 32.4 Å². The first-order valence-corrected chi connectivity index (χ1v) is 10.4. The predicted molar refractivity (Wildman–Crippen MR) is 88.7 cm³/mol. The summed E-state index contributed by atoms with van der Waals surface area (Å²) in [5.74, 6) is -0.105. The molecule has 1 saturated heterocycles. The number of unbranched alkanes of at least 4 members (excludes halogenated alkanes) is 1. The van der Waals surface area contributed by atoms with E-state index in [-0.39, 0.29) is 29.4 Å². The highest BCUT2D eigenvalue weighted by Gasteiger charge is 2.59. The monoisotopic (exact) mass is 344 g/mol. The van der Waals surface area contributed by atoms with Crippen molar-refractivity contribution in [3.8, 4) is 0 Å². The van der Waals surface area contributed by atoms with Gasteiger partial charge >= 0.3 is 0 Å².